The van der Waals surface area contributed by atoms with Crippen molar-refractivity contribution in [2.75, 3.05) is 18.5 Å². The van der Waals surface area contributed by atoms with Crippen LogP contribution in [0.5, 0.6) is 0 Å². The van der Waals surface area contributed by atoms with Gasteiger partial charge in [0.2, 0.25) is 0 Å². The van der Waals surface area contributed by atoms with Gasteiger partial charge in [0.25, 0.3) is 0 Å². The summed E-state index contributed by atoms with van der Waals surface area (Å²) in [6, 6.07) is 4.85. The van der Waals surface area contributed by atoms with Crippen molar-refractivity contribution in [2.45, 2.75) is 27.4 Å². The highest BCUT2D eigenvalue weighted by Gasteiger charge is 2.16. The average molecular weight is 225 g/mol. The molecule has 0 bridgehead atoms. The third-order valence-corrected chi connectivity index (χ3v) is 2.32. The molecule has 0 atom stereocenters. The Labute approximate surface area is 96.7 Å². The molecule has 0 aliphatic carbocycles. The lowest BCUT2D eigenvalue weighted by molar-refractivity contribution is 0.281. The van der Waals surface area contributed by atoms with E-state index in [1.165, 1.54) is 6.07 Å². The molecule has 3 heteroatoms. The molecular formula is C13H20FNO. The smallest absolute Gasteiger partial charge is 0.146 e. The summed E-state index contributed by atoms with van der Waals surface area (Å²) in [7, 11) is 1.88. The summed E-state index contributed by atoms with van der Waals surface area (Å²) in [5, 5.41) is 8.90. The molecule has 2 nitrogen and oxygen atoms in total. The number of benzene rings is 1. The van der Waals surface area contributed by atoms with Crippen molar-refractivity contribution >= 4 is 5.69 Å². The molecule has 0 unspecified atom stereocenters. The topological polar surface area (TPSA) is 23.5 Å². The Bertz CT molecular complexity index is 357. The summed E-state index contributed by atoms with van der Waals surface area (Å²) in [5.41, 5.74) is 1.30. The molecule has 0 aliphatic rings. The second-order valence-electron chi connectivity index (χ2n) is 5.36. The monoisotopic (exact) mass is 225 g/mol. The van der Waals surface area contributed by atoms with Crippen LogP contribution in [0.15, 0.2) is 18.2 Å². The molecule has 1 aromatic carbocycles. The van der Waals surface area contributed by atoms with E-state index in [9.17, 15) is 4.39 Å². The minimum absolute atomic E-state index is 0.122. The molecule has 16 heavy (non-hydrogen) atoms. The number of aliphatic hydroxyl groups excluding tert-OH is 1. The number of aliphatic hydroxyl groups is 1. The van der Waals surface area contributed by atoms with Crippen molar-refractivity contribution < 1.29 is 9.50 Å². The van der Waals surface area contributed by atoms with E-state index in [4.69, 9.17) is 5.11 Å². The molecular weight excluding hydrogens is 205 g/mol. The van der Waals surface area contributed by atoms with Gasteiger partial charge >= 0.3 is 0 Å². The normalized spacial score (nSPS) is 11.6. The molecule has 0 radical (unpaired) electrons. The Hall–Kier alpha value is -1.09. The van der Waals surface area contributed by atoms with Gasteiger partial charge in [-0.3, -0.25) is 0 Å². The van der Waals surface area contributed by atoms with E-state index in [0.29, 0.717) is 11.3 Å². The molecule has 90 valence electrons. The van der Waals surface area contributed by atoms with Crippen molar-refractivity contribution in [2.24, 2.45) is 5.41 Å². The van der Waals surface area contributed by atoms with Gasteiger partial charge in [-0.15, -0.1) is 0 Å². The second kappa shape index (κ2) is 4.83. The van der Waals surface area contributed by atoms with Gasteiger partial charge in [0.05, 0.1) is 12.3 Å². The Morgan fingerprint density at radius 3 is 2.38 bits per heavy atom. The Kier molecular flexibility index (Phi) is 3.92. The average Bonchev–Trinajstić information content (AvgIpc) is 2.14. The summed E-state index contributed by atoms with van der Waals surface area (Å²) in [5.74, 6) is -0.279. The van der Waals surface area contributed by atoms with Crippen LogP contribution in [-0.4, -0.2) is 18.7 Å². The van der Waals surface area contributed by atoms with Crippen LogP contribution in [0.2, 0.25) is 0 Å². The fourth-order valence-corrected chi connectivity index (χ4v) is 1.76. The van der Waals surface area contributed by atoms with Gasteiger partial charge in [-0.1, -0.05) is 26.8 Å². The lowest BCUT2D eigenvalue weighted by Gasteiger charge is -2.28. The first-order chi connectivity index (χ1) is 7.33. The Morgan fingerprint density at radius 1 is 1.31 bits per heavy atom. The standard InChI is InChI=1S/C13H20FNO/c1-13(2,3)9-15(4)12-6-5-10(8-16)7-11(12)14/h5-7,16H,8-9H2,1-4H3. The highest BCUT2D eigenvalue weighted by atomic mass is 19.1. The molecule has 0 heterocycles. The van der Waals surface area contributed by atoms with Gasteiger partial charge in [-0.05, 0) is 23.1 Å². The fourth-order valence-electron chi connectivity index (χ4n) is 1.76. The van der Waals surface area contributed by atoms with E-state index in [2.05, 4.69) is 20.8 Å². The van der Waals surface area contributed by atoms with Crippen LogP contribution < -0.4 is 4.90 Å². The first kappa shape index (κ1) is 13.0. The summed E-state index contributed by atoms with van der Waals surface area (Å²) < 4.78 is 13.7. The highest BCUT2D eigenvalue weighted by molar-refractivity contribution is 5.48. The first-order valence-corrected chi connectivity index (χ1v) is 5.44. The summed E-state index contributed by atoms with van der Waals surface area (Å²) >= 11 is 0. The molecule has 1 rings (SSSR count). The molecule has 0 fully saturated rings. The van der Waals surface area contributed by atoms with Crippen LogP contribution in [0.3, 0.4) is 0 Å². The maximum Gasteiger partial charge on any atom is 0.146 e. The Balaban J connectivity index is 2.88. The molecule has 0 saturated carbocycles. The fraction of sp³-hybridized carbons (Fsp3) is 0.538. The van der Waals surface area contributed by atoms with Gasteiger partial charge in [-0.25, -0.2) is 4.39 Å². The number of hydrogen-bond donors (Lipinski definition) is 1. The van der Waals surface area contributed by atoms with Crippen LogP contribution in [-0.2, 0) is 6.61 Å². The van der Waals surface area contributed by atoms with Crippen LogP contribution in [0, 0.1) is 11.2 Å². The number of anilines is 1. The number of nitrogens with zero attached hydrogens (tertiary/aromatic N) is 1. The minimum atomic E-state index is -0.279. The van der Waals surface area contributed by atoms with Crippen LogP contribution in [0.25, 0.3) is 0 Å². The minimum Gasteiger partial charge on any atom is -0.392 e. The molecule has 0 amide bonds. The van der Waals surface area contributed by atoms with E-state index in [1.807, 2.05) is 11.9 Å². The Morgan fingerprint density at radius 2 is 1.94 bits per heavy atom. The van der Waals surface area contributed by atoms with Gasteiger partial charge in [0.15, 0.2) is 0 Å². The van der Waals surface area contributed by atoms with E-state index >= 15 is 0 Å². The molecule has 0 aliphatic heterocycles. The zero-order valence-corrected chi connectivity index (χ0v) is 10.4. The van der Waals surface area contributed by atoms with Gasteiger partial charge in [0.1, 0.15) is 5.82 Å². The SMILES string of the molecule is CN(CC(C)(C)C)c1ccc(CO)cc1F. The summed E-state index contributed by atoms with van der Waals surface area (Å²) in [6.07, 6.45) is 0. The predicted octanol–water partition coefficient (Wildman–Crippen LogP) is 2.80. The van der Waals surface area contributed by atoms with Gasteiger partial charge in [0, 0.05) is 13.6 Å². The molecule has 0 saturated heterocycles. The van der Waals surface area contributed by atoms with E-state index < -0.39 is 0 Å². The van der Waals surface area contributed by atoms with Crippen LogP contribution in [0.4, 0.5) is 10.1 Å². The number of hydrogen-bond acceptors (Lipinski definition) is 2. The van der Waals surface area contributed by atoms with Gasteiger partial charge < -0.3 is 10.0 Å². The maximum absolute atomic E-state index is 13.7. The zero-order chi connectivity index (χ0) is 12.3. The van der Waals surface area contributed by atoms with Gasteiger partial charge in [-0.2, -0.15) is 0 Å². The predicted molar refractivity (Wildman–Crippen MR) is 65.0 cm³/mol. The summed E-state index contributed by atoms with van der Waals surface area (Å²) in [4.78, 5) is 1.90. The second-order valence-corrected chi connectivity index (χ2v) is 5.36. The maximum atomic E-state index is 13.7. The van der Waals surface area contributed by atoms with E-state index in [-0.39, 0.29) is 17.8 Å². The van der Waals surface area contributed by atoms with Crippen molar-refractivity contribution in [3.63, 3.8) is 0 Å². The first-order valence-electron chi connectivity index (χ1n) is 5.44. The lowest BCUT2D eigenvalue weighted by Crippen LogP contribution is -2.29. The molecule has 1 aromatic rings. The van der Waals surface area contributed by atoms with E-state index in [1.54, 1.807) is 12.1 Å². The summed E-state index contributed by atoms with van der Waals surface area (Å²) in [6.45, 7) is 7.00. The zero-order valence-electron chi connectivity index (χ0n) is 10.4. The molecule has 0 aromatic heterocycles. The number of rotatable bonds is 3. The van der Waals surface area contributed by atoms with Crippen LogP contribution >= 0.6 is 0 Å². The lowest BCUT2D eigenvalue weighted by atomic mass is 9.96. The largest absolute Gasteiger partial charge is 0.392 e. The number of halogens is 1. The van der Waals surface area contributed by atoms with Crippen molar-refractivity contribution in [3.8, 4) is 0 Å². The van der Waals surface area contributed by atoms with Crippen molar-refractivity contribution in [1.29, 1.82) is 0 Å². The van der Waals surface area contributed by atoms with Crippen molar-refractivity contribution in [3.05, 3.63) is 29.6 Å². The van der Waals surface area contributed by atoms with E-state index in [0.717, 1.165) is 6.54 Å². The highest BCUT2D eigenvalue weighted by Crippen LogP contribution is 2.23. The third kappa shape index (κ3) is 3.49. The van der Waals surface area contributed by atoms with Crippen molar-refractivity contribution in [1.82, 2.24) is 0 Å². The molecule has 1 N–H and O–H groups in total. The molecule has 0 spiro atoms. The van der Waals surface area contributed by atoms with Crippen LogP contribution in [0.1, 0.15) is 26.3 Å². The quantitative estimate of drug-likeness (QED) is 0.855. The third-order valence-electron chi connectivity index (χ3n) is 2.32.